The number of para-hydroxylation sites is 1. The lowest BCUT2D eigenvalue weighted by molar-refractivity contribution is -0.121. The molecule has 4 rings (SSSR count). The Kier molecular flexibility index (Phi) is 8.62. The first-order valence-corrected chi connectivity index (χ1v) is 12.3. The Morgan fingerprint density at radius 3 is 2.66 bits per heavy atom. The highest BCUT2D eigenvalue weighted by Crippen LogP contribution is 2.30. The van der Waals surface area contributed by atoms with Crippen LogP contribution in [0.4, 0.5) is 17.3 Å². The van der Waals surface area contributed by atoms with Gasteiger partial charge in [-0.1, -0.05) is 29.8 Å². The van der Waals surface area contributed by atoms with Crippen LogP contribution in [0.15, 0.2) is 67.1 Å². The maximum Gasteiger partial charge on any atom is 0.250 e. The van der Waals surface area contributed by atoms with E-state index in [2.05, 4.69) is 30.4 Å². The molecule has 0 aliphatic heterocycles. The SMILES string of the molecule is CN(C)CCN(C)c1ccc(Nc2ncc3cccc(-c4cncc(Cl)c4)c3n2)cc1C=CC(=O)NC=O. The summed E-state index contributed by atoms with van der Waals surface area (Å²) in [5, 5.41) is 6.83. The van der Waals surface area contributed by atoms with E-state index < -0.39 is 5.91 Å². The highest BCUT2D eigenvalue weighted by atomic mass is 35.5. The van der Waals surface area contributed by atoms with Gasteiger partial charge in [-0.05, 0) is 44.4 Å². The van der Waals surface area contributed by atoms with Gasteiger partial charge in [0.05, 0.1) is 10.5 Å². The molecule has 2 heterocycles. The molecule has 194 valence electrons. The van der Waals surface area contributed by atoms with Crippen molar-refractivity contribution in [1.82, 2.24) is 25.2 Å². The van der Waals surface area contributed by atoms with Crippen LogP contribution in [0.5, 0.6) is 0 Å². The summed E-state index contributed by atoms with van der Waals surface area (Å²) in [5.41, 5.74) is 4.99. The van der Waals surface area contributed by atoms with Gasteiger partial charge in [0.1, 0.15) is 0 Å². The average molecular weight is 530 g/mol. The number of pyridine rings is 1. The zero-order chi connectivity index (χ0) is 27.1. The maximum atomic E-state index is 11.9. The third-order valence-electron chi connectivity index (χ3n) is 5.82. The highest BCUT2D eigenvalue weighted by molar-refractivity contribution is 6.30. The van der Waals surface area contributed by atoms with Gasteiger partial charge in [-0.3, -0.25) is 19.9 Å². The maximum absolute atomic E-state index is 11.9. The number of amides is 2. The molecule has 0 saturated heterocycles. The monoisotopic (exact) mass is 529 g/mol. The number of halogens is 1. The third kappa shape index (κ3) is 6.70. The Morgan fingerprint density at radius 1 is 1.05 bits per heavy atom. The lowest BCUT2D eigenvalue weighted by atomic mass is 10.0. The molecule has 2 amide bonds. The normalized spacial score (nSPS) is 11.2. The molecule has 0 bridgehead atoms. The molecule has 0 unspecified atom stereocenters. The molecule has 0 aliphatic rings. The van der Waals surface area contributed by atoms with Crippen LogP contribution in [0.2, 0.25) is 5.02 Å². The van der Waals surface area contributed by atoms with Gasteiger partial charge < -0.3 is 15.1 Å². The summed E-state index contributed by atoms with van der Waals surface area (Å²) in [6.07, 6.45) is 8.47. The fourth-order valence-corrected chi connectivity index (χ4v) is 4.07. The molecule has 10 heteroatoms. The number of fused-ring (bicyclic) bond motifs is 1. The first-order chi connectivity index (χ1) is 18.3. The predicted octanol–water partition coefficient (Wildman–Crippen LogP) is 4.37. The van der Waals surface area contributed by atoms with E-state index in [1.165, 1.54) is 6.08 Å². The summed E-state index contributed by atoms with van der Waals surface area (Å²) in [5.74, 6) is -0.0802. The molecule has 0 atom stereocenters. The molecule has 38 heavy (non-hydrogen) atoms. The van der Waals surface area contributed by atoms with Crippen molar-refractivity contribution in [3.63, 3.8) is 0 Å². The van der Waals surface area contributed by atoms with Gasteiger partial charge in [0.2, 0.25) is 18.3 Å². The van der Waals surface area contributed by atoms with E-state index in [1.54, 1.807) is 24.7 Å². The van der Waals surface area contributed by atoms with Crippen LogP contribution >= 0.6 is 11.6 Å². The summed E-state index contributed by atoms with van der Waals surface area (Å²) in [6, 6.07) is 13.5. The zero-order valence-electron chi connectivity index (χ0n) is 21.4. The number of nitrogens with zero attached hydrogens (tertiary/aromatic N) is 5. The molecule has 0 aliphatic carbocycles. The van der Waals surface area contributed by atoms with Crippen molar-refractivity contribution in [2.24, 2.45) is 0 Å². The summed E-state index contributed by atoms with van der Waals surface area (Å²) in [4.78, 5) is 40.2. The van der Waals surface area contributed by atoms with Crippen molar-refractivity contribution in [1.29, 1.82) is 0 Å². The van der Waals surface area contributed by atoms with E-state index in [0.29, 0.717) is 17.4 Å². The number of imide groups is 1. The second kappa shape index (κ2) is 12.3. The van der Waals surface area contributed by atoms with Crippen molar-refractivity contribution in [3.8, 4) is 11.1 Å². The fraction of sp³-hybridized carbons (Fsp3) is 0.179. The first-order valence-electron chi connectivity index (χ1n) is 11.9. The molecule has 0 radical (unpaired) electrons. The fourth-order valence-electron chi connectivity index (χ4n) is 3.89. The lowest BCUT2D eigenvalue weighted by Gasteiger charge is -2.24. The average Bonchev–Trinajstić information content (AvgIpc) is 2.90. The van der Waals surface area contributed by atoms with Gasteiger partial charge in [0.25, 0.3) is 0 Å². The second-order valence-corrected chi connectivity index (χ2v) is 9.35. The standard InChI is InChI=1S/C28H28ClN7O2/c1-35(2)11-12-36(3)25-9-8-23(14-19(25)7-10-26(38)32-18-37)33-28-31-16-20-5-4-6-24(27(20)34-28)21-13-22(29)17-30-15-21/h4-10,13-18H,11-12H2,1-3H3,(H,31,33,34)(H,32,37,38). The zero-order valence-corrected chi connectivity index (χ0v) is 22.1. The predicted molar refractivity (Wildman–Crippen MR) is 153 cm³/mol. The van der Waals surface area contributed by atoms with E-state index in [0.717, 1.165) is 52.1 Å². The molecule has 2 aromatic heterocycles. The summed E-state index contributed by atoms with van der Waals surface area (Å²) in [7, 11) is 6.03. The number of hydrogen-bond donors (Lipinski definition) is 2. The van der Waals surface area contributed by atoms with Crippen molar-refractivity contribution in [3.05, 3.63) is 77.7 Å². The number of likely N-dealkylation sites (N-methyl/N-ethyl adjacent to an activating group) is 2. The molecule has 9 nitrogen and oxygen atoms in total. The number of benzene rings is 2. The summed E-state index contributed by atoms with van der Waals surface area (Å²) < 4.78 is 0. The van der Waals surface area contributed by atoms with Crippen LogP contribution < -0.4 is 15.5 Å². The van der Waals surface area contributed by atoms with Crippen molar-refractivity contribution in [2.45, 2.75) is 0 Å². The minimum absolute atomic E-state index is 0.361. The quantitative estimate of drug-likeness (QED) is 0.230. The van der Waals surface area contributed by atoms with Crippen LogP contribution in [0.1, 0.15) is 5.56 Å². The highest BCUT2D eigenvalue weighted by Gasteiger charge is 2.11. The van der Waals surface area contributed by atoms with E-state index in [9.17, 15) is 9.59 Å². The smallest absolute Gasteiger partial charge is 0.250 e. The largest absolute Gasteiger partial charge is 0.373 e. The van der Waals surface area contributed by atoms with Gasteiger partial charge in [-0.2, -0.15) is 0 Å². The summed E-state index contributed by atoms with van der Waals surface area (Å²) in [6.45, 7) is 1.65. The molecule has 2 aromatic carbocycles. The molecule has 0 fully saturated rings. The van der Waals surface area contributed by atoms with Crippen molar-refractivity contribution >= 4 is 58.2 Å². The van der Waals surface area contributed by atoms with Gasteiger partial charge >= 0.3 is 0 Å². The number of anilines is 3. The van der Waals surface area contributed by atoms with E-state index >= 15 is 0 Å². The first kappa shape index (κ1) is 26.7. The van der Waals surface area contributed by atoms with Gasteiger partial charge in [0, 0.05) is 78.3 Å². The van der Waals surface area contributed by atoms with Crippen LogP contribution in [0.25, 0.3) is 28.1 Å². The van der Waals surface area contributed by atoms with E-state index in [1.807, 2.05) is 63.6 Å². The Labute approximate surface area is 226 Å². The number of hydrogen-bond acceptors (Lipinski definition) is 8. The van der Waals surface area contributed by atoms with Crippen LogP contribution in [-0.2, 0) is 9.59 Å². The topological polar surface area (TPSA) is 103 Å². The number of rotatable bonds is 10. The number of carbonyl (C=O) groups is 2. The third-order valence-corrected chi connectivity index (χ3v) is 6.03. The number of nitrogens with one attached hydrogen (secondary N) is 2. The van der Waals surface area contributed by atoms with Gasteiger partial charge in [0.15, 0.2) is 0 Å². The van der Waals surface area contributed by atoms with E-state index in [4.69, 9.17) is 16.6 Å². The molecule has 0 saturated carbocycles. The van der Waals surface area contributed by atoms with Crippen LogP contribution in [-0.4, -0.2) is 66.4 Å². The second-order valence-electron chi connectivity index (χ2n) is 8.91. The molecule has 0 spiro atoms. The summed E-state index contributed by atoms with van der Waals surface area (Å²) >= 11 is 6.17. The van der Waals surface area contributed by atoms with Gasteiger partial charge in [-0.25, -0.2) is 9.97 Å². The van der Waals surface area contributed by atoms with Gasteiger partial charge in [-0.15, -0.1) is 0 Å². The Hall–Kier alpha value is -4.34. The molecule has 4 aromatic rings. The van der Waals surface area contributed by atoms with E-state index in [-0.39, 0.29) is 0 Å². The minimum Gasteiger partial charge on any atom is -0.373 e. The minimum atomic E-state index is -0.499. The number of aromatic nitrogens is 3. The Morgan fingerprint density at radius 2 is 1.89 bits per heavy atom. The van der Waals surface area contributed by atoms with Crippen LogP contribution in [0, 0.1) is 0 Å². The van der Waals surface area contributed by atoms with Crippen molar-refractivity contribution in [2.75, 3.05) is 44.4 Å². The van der Waals surface area contributed by atoms with Crippen LogP contribution in [0.3, 0.4) is 0 Å². The Balaban J connectivity index is 1.67. The molecule has 2 N–H and O–H groups in total. The lowest BCUT2D eigenvalue weighted by Crippen LogP contribution is -2.28. The Bertz CT molecular complexity index is 1490. The molecular weight excluding hydrogens is 502 g/mol. The molecular formula is C28H28ClN7O2. The van der Waals surface area contributed by atoms with Crippen molar-refractivity contribution < 1.29 is 9.59 Å². The number of carbonyl (C=O) groups excluding carboxylic acids is 2.